The predicted molar refractivity (Wildman–Crippen MR) is 128 cm³/mol. The first-order valence-corrected chi connectivity index (χ1v) is 25.4. The van der Waals surface area contributed by atoms with E-state index in [1.165, 1.54) is 0 Å². The van der Waals surface area contributed by atoms with Gasteiger partial charge in [-0.2, -0.15) is 0 Å². The fourth-order valence-corrected chi connectivity index (χ4v) is 26.9. The van der Waals surface area contributed by atoms with E-state index in [2.05, 4.69) is 72.0 Å². The van der Waals surface area contributed by atoms with Gasteiger partial charge in [-0.1, -0.05) is 0 Å². The molecule has 6 nitrogen and oxygen atoms in total. The Bertz CT molecular complexity index is 455. The normalized spacial score (nSPS) is 19.2. The number of epoxide rings is 1. The summed E-state index contributed by atoms with van der Waals surface area (Å²) in [6.07, 6.45) is 1.23. The van der Waals surface area contributed by atoms with Crippen LogP contribution in [0.3, 0.4) is 0 Å². The van der Waals surface area contributed by atoms with Gasteiger partial charge in [0.25, 0.3) is 0 Å². The fourth-order valence-electron chi connectivity index (χ4n) is 3.55. The SMILES string of the molecule is C[Si](C)(C)O[Si](C)(C)O[Si](C)(CCCOCC1CO1)O[Si](C)(C)O[Si](C)(C)C. The molecule has 0 spiro atoms. The van der Waals surface area contributed by atoms with E-state index in [0.717, 1.165) is 19.1 Å². The van der Waals surface area contributed by atoms with Crippen molar-refractivity contribution in [1.29, 1.82) is 0 Å². The van der Waals surface area contributed by atoms with Crippen LogP contribution >= 0.6 is 0 Å². The summed E-state index contributed by atoms with van der Waals surface area (Å²) in [5.74, 6) is 0. The molecule has 1 heterocycles. The van der Waals surface area contributed by atoms with Crippen LogP contribution in [0.2, 0.25) is 78.1 Å². The zero-order valence-electron chi connectivity index (χ0n) is 20.1. The largest absolute Gasteiger partial charge is 0.437 e. The molecule has 0 aliphatic carbocycles. The topological polar surface area (TPSA) is 58.7 Å². The van der Waals surface area contributed by atoms with E-state index in [1.54, 1.807) is 0 Å². The quantitative estimate of drug-likeness (QED) is 0.196. The molecule has 1 aliphatic rings. The lowest BCUT2D eigenvalue weighted by Gasteiger charge is -2.43. The van der Waals surface area contributed by atoms with Crippen LogP contribution in [0.5, 0.6) is 0 Å². The average molecular weight is 485 g/mol. The molecule has 0 radical (unpaired) electrons. The number of ether oxygens (including phenoxy) is 2. The Balaban J connectivity index is 2.78. The summed E-state index contributed by atoms with van der Waals surface area (Å²) in [4.78, 5) is 0. The second kappa shape index (κ2) is 9.98. The van der Waals surface area contributed by atoms with Crippen molar-refractivity contribution in [2.24, 2.45) is 0 Å². The molecule has 0 N–H and O–H groups in total. The molecule has 1 rings (SSSR count). The Labute approximate surface area is 178 Å². The summed E-state index contributed by atoms with van der Waals surface area (Å²) in [5, 5.41) is 0. The maximum absolute atomic E-state index is 6.75. The number of rotatable bonds is 14. The molecule has 28 heavy (non-hydrogen) atoms. The molecule has 1 atom stereocenters. The molecule has 0 aromatic heterocycles. The number of hydrogen-bond donors (Lipinski definition) is 0. The molecule has 1 aliphatic heterocycles. The van der Waals surface area contributed by atoms with Crippen LogP contribution in [0.1, 0.15) is 6.42 Å². The molecule has 1 fully saturated rings. The molecular weight excluding hydrogens is 441 g/mol. The van der Waals surface area contributed by atoms with Crippen LogP contribution in [0.15, 0.2) is 0 Å². The number of hydrogen-bond acceptors (Lipinski definition) is 6. The molecule has 0 aromatic carbocycles. The third-order valence-corrected chi connectivity index (χ3v) is 21.1. The first-order chi connectivity index (χ1) is 12.4. The molecule has 0 aromatic rings. The summed E-state index contributed by atoms with van der Waals surface area (Å²) in [6, 6.07) is 0.884. The Morgan fingerprint density at radius 1 is 0.714 bits per heavy atom. The van der Waals surface area contributed by atoms with Gasteiger partial charge < -0.3 is 25.9 Å². The summed E-state index contributed by atoms with van der Waals surface area (Å²) in [5.41, 5.74) is 0. The lowest BCUT2D eigenvalue weighted by atomic mass is 10.5. The lowest BCUT2D eigenvalue weighted by Crippen LogP contribution is -2.59. The highest BCUT2D eigenvalue weighted by Crippen LogP contribution is 2.29. The van der Waals surface area contributed by atoms with E-state index in [-0.39, 0.29) is 0 Å². The van der Waals surface area contributed by atoms with E-state index < -0.39 is 42.3 Å². The second-order valence-electron chi connectivity index (χ2n) is 10.7. The molecule has 168 valence electrons. The van der Waals surface area contributed by atoms with Crippen LogP contribution in [-0.4, -0.2) is 68.2 Å². The highest BCUT2D eigenvalue weighted by Gasteiger charge is 2.46. The van der Waals surface area contributed by atoms with Crippen LogP contribution < -0.4 is 0 Å². The maximum atomic E-state index is 6.75. The van der Waals surface area contributed by atoms with Crippen LogP contribution in [0.25, 0.3) is 0 Å². The molecule has 0 amide bonds. The first-order valence-electron chi connectivity index (χ1n) is 10.4. The van der Waals surface area contributed by atoms with Gasteiger partial charge in [0.1, 0.15) is 6.10 Å². The van der Waals surface area contributed by atoms with E-state index in [1.807, 2.05) is 0 Å². The molecule has 1 unspecified atom stereocenters. The van der Waals surface area contributed by atoms with Crippen LogP contribution in [0.4, 0.5) is 0 Å². The zero-order valence-corrected chi connectivity index (χ0v) is 25.1. The van der Waals surface area contributed by atoms with E-state index >= 15 is 0 Å². The van der Waals surface area contributed by atoms with Gasteiger partial charge >= 0.3 is 25.7 Å². The van der Waals surface area contributed by atoms with Gasteiger partial charge in [0.05, 0.1) is 13.2 Å². The smallest absolute Gasteiger partial charge is 0.317 e. The molecule has 1 saturated heterocycles. The maximum Gasteiger partial charge on any atom is 0.317 e. The van der Waals surface area contributed by atoms with Crippen molar-refractivity contribution in [3.63, 3.8) is 0 Å². The van der Waals surface area contributed by atoms with Crippen molar-refractivity contribution in [3.8, 4) is 0 Å². The van der Waals surface area contributed by atoms with Crippen molar-refractivity contribution in [3.05, 3.63) is 0 Å². The van der Waals surface area contributed by atoms with E-state index in [4.69, 9.17) is 25.9 Å². The van der Waals surface area contributed by atoms with Crippen molar-refractivity contribution < 1.29 is 25.9 Å². The van der Waals surface area contributed by atoms with E-state index in [0.29, 0.717) is 19.3 Å². The molecule has 11 heteroatoms. The molecular formula is C17H44O6Si5. The minimum atomic E-state index is -2.47. The van der Waals surface area contributed by atoms with Gasteiger partial charge in [-0.25, -0.2) is 0 Å². The van der Waals surface area contributed by atoms with Gasteiger partial charge in [-0.05, 0) is 84.5 Å². The van der Waals surface area contributed by atoms with E-state index in [9.17, 15) is 0 Å². The van der Waals surface area contributed by atoms with Gasteiger partial charge in [-0.3, -0.25) is 0 Å². The van der Waals surface area contributed by atoms with Gasteiger partial charge in [0, 0.05) is 6.61 Å². The monoisotopic (exact) mass is 484 g/mol. The van der Waals surface area contributed by atoms with Crippen molar-refractivity contribution in [2.75, 3.05) is 19.8 Å². The Morgan fingerprint density at radius 3 is 1.50 bits per heavy atom. The summed E-state index contributed by atoms with van der Waals surface area (Å²) < 4.78 is 37.3. The standard InChI is InChI=1S/C17H44O6Si5/c1-24(2,3)20-26(7,8)22-28(11,14-12-13-18-15-17-16-19-17)23-27(9,10)21-25(4,5)6/h17H,12-16H2,1-11H3. The van der Waals surface area contributed by atoms with Gasteiger partial charge in [-0.15, -0.1) is 0 Å². The Morgan fingerprint density at radius 2 is 1.14 bits per heavy atom. The Kier molecular flexibility index (Phi) is 9.58. The second-order valence-corrected chi connectivity index (χ2v) is 30.8. The molecule has 0 bridgehead atoms. The summed E-state index contributed by atoms with van der Waals surface area (Å²) in [6.45, 7) is 26.3. The van der Waals surface area contributed by atoms with Crippen LogP contribution in [-0.2, 0) is 25.9 Å². The highest BCUT2D eigenvalue weighted by atomic mass is 28.5. The van der Waals surface area contributed by atoms with Crippen molar-refractivity contribution in [1.82, 2.24) is 0 Å². The summed E-state index contributed by atoms with van der Waals surface area (Å²) in [7, 11) is -10.4. The third kappa shape index (κ3) is 13.2. The molecule has 0 saturated carbocycles. The Hall–Kier alpha value is 0.844. The average Bonchev–Trinajstić information content (AvgIpc) is 3.13. The lowest BCUT2D eigenvalue weighted by molar-refractivity contribution is 0.115. The van der Waals surface area contributed by atoms with Crippen molar-refractivity contribution in [2.45, 2.75) is 90.6 Å². The zero-order chi connectivity index (χ0) is 21.9. The van der Waals surface area contributed by atoms with Gasteiger partial charge in [0.15, 0.2) is 16.6 Å². The van der Waals surface area contributed by atoms with Crippen LogP contribution in [0, 0.1) is 0 Å². The minimum Gasteiger partial charge on any atom is -0.437 e. The predicted octanol–water partition coefficient (Wildman–Crippen LogP) is 5.00. The third-order valence-electron chi connectivity index (χ3n) is 3.65. The fraction of sp³-hybridized carbons (Fsp3) is 1.00. The first kappa shape index (κ1) is 26.9. The highest BCUT2D eigenvalue weighted by molar-refractivity contribution is 6.90. The summed E-state index contributed by atoms with van der Waals surface area (Å²) >= 11 is 0. The van der Waals surface area contributed by atoms with Crippen molar-refractivity contribution >= 4 is 42.3 Å². The van der Waals surface area contributed by atoms with Gasteiger partial charge in [0.2, 0.25) is 0 Å². The minimum absolute atomic E-state index is 0.309.